The number of hydrogen-bond donors (Lipinski definition) is 2. The summed E-state index contributed by atoms with van der Waals surface area (Å²) in [6.45, 7) is 7.74. The van der Waals surface area contributed by atoms with Crippen LogP contribution in [0.5, 0.6) is 0 Å². The minimum Gasteiger partial charge on any atom is -0.389 e. The molecule has 0 unspecified atom stereocenters. The summed E-state index contributed by atoms with van der Waals surface area (Å²) < 4.78 is 0. The molecule has 0 atom stereocenters. The fourth-order valence-electron chi connectivity index (χ4n) is 3.07. The van der Waals surface area contributed by atoms with Gasteiger partial charge in [0.2, 0.25) is 0 Å². The predicted molar refractivity (Wildman–Crippen MR) is 89.1 cm³/mol. The third kappa shape index (κ3) is 4.67. The van der Waals surface area contributed by atoms with E-state index in [2.05, 4.69) is 45.4 Å². The molecule has 0 spiro atoms. The van der Waals surface area contributed by atoms with Crippen molar-refractivity contribution in [2.45, 2.75) is 12.6 Å². The summed E-state index contributed by atoms with van der Waals surface area (Å²) in [5, 5.41) is 12.1. The summed E-state index contributed by atoms with van der Waals surface area (Å²) in [5.41, 5.74) is 1.37. The summed E-state index contributed by atoms with van der Waals surface area (Å²) in [6.07, 6.45) is -0.335. The second-order valence-electron chi connectivity index (χ2n) is 6.39. The van der Waals surface area contributed by atoms with Crippen LogP contribution in [0.1, 0.15) is 5.56 Å². The Morgan fingerprint density at radius 3 is 2.39 bits per heavy atom. The number of aliphatic hydroxyl groups is 1. The van der Waals surface area contributed by atoms with Crippen molar-refractivity contribution in [1.82, 2.24) is 20.0 Å². The maximum Gasteiger partial charge on any atom is 0.317 e. The molecule has 23 heavy (non-hydrogen) atoms. The highest BCUT2D eigenvalue weighted by Gasteiger charge is 2.28. The van der Waals surface area contributed by atoms with E-state index in [4.69, 9.17) is 0 Å². The second kappa shape index (κ2) is 7.77. The first-order chi connectivity index (χ1) is 11.2. The largest absolute Gasteiger partial charge is 0.389 e. The fraction of sp³-hybridized carbons (Fsp3) is 0.588. The van der Waals surface area contributed by atoms with Gasteiger partial charge >= 0.3 is 6.03 Å². The number of urea groups is 1. The van der Waals surface area contributed by atoms with Crippen LogP contribution in [0, 0.1) is 0 Å². The van der Waals surface area contributed by atoms with Gasteiger partial charge in [0.25, 0.3) is 0 Å². The van der Waals surface area contributed by atoms with Crippen LogP contribution in [-0.4, -0.2) is 84.3 Å². The molecule has 126 valence electrons. The number of carbonyl (C=O) groups excluding carboxylic acids is 1. The Labute approximate surface area is 137 Å². The van der Waals surface area contributed by atoms with E-state index in [-0.39, 0.29) is 12.1 Å². The lowest BCUT2D eigenvalue weighted by atomic mass is 10.2. The number of β-amino-alcohol motifs (C(OH)–C–C–N with tert-alkyl or cyclic N) is 1. The van der Waals surface area contributed by atoms with E-state index >= 15 is 0 Å². The fourth-order valence-corrected chi connectivity index (χ4v) is 3.07. The standard InChI is InChI=1S/C17H26N4O2/c22-16-13-21(14-16)17(23)18-6-7-19-8-10-20(11-9-19)12-15-4-2-1-3-5-15/h1-5,16,22H,6-14H2,(H,18,23). The van der Waals surface area contributed by atoms with Crippen LogP contribution in [0.2, 0.25) is 0 Å². The lowest BCUT2D eigenvalue weighted by molar-refractivity contribution is 0.0263. The maximum atomic E-state index is 11.7. The zero-order valence-electron chi connectivity index (χ0n) is 13.5. The van der Waals surface area contributed by atoms with Gasteiger partial charge in [0.1, 0.15) is 0 Å². The van der Waals surface area contributed by atoms with Crippen LogP contribution in [0.15, 0.2) is 30.3 Å². The van der Waals surface area contributed by atoms with Gasteiger partial charge in [-0.3, -0.25) is 9.80 Å². The Morgan fingerprint density at radius 2 is 1.74 bits per heavy atom. The zero-order chi connectivity index (χ0) is 16.1. The van der Waals surface area contributed by atoms with Crippen molar-refractivity contribution < 1.29 is 9.90 Å². The van der Waals surface area contributed by atoms with Crippen molar-refractivity contribution in [2.24, 2.45) is 0 Å². The first-order valence-electron chi connectivity index (χ1n) is 8.40. The Hall–Kier alpha value is -1.63. The summed E-state index contributed by atoms with van der Waals surface area (Å²) >= 11 is 0. The number of amides is 2. The van der Waals surface area contributed by atoms with Crippen molar-refractivity contribution in [3.05, 3.63) is 35.9 Å². The van der Waals surface area contributed by atoms with E-state index in [1.807, 2.05) is 0 Å². The summed E-state index contributed by atoms with van der Waals surface area (Å²) in [7, 11) is 0. The van der Waals surface area contributed by atoms with Crippen molar-refractivity contribution >= 4 is 6.03 Å². The SMILES string of the molecule is O=C(NCCN1CCN(Cc2ccccc2)CC1)N1CC(O)C1. The highest BCUT2D eigenvalue weighted by molar-refractivity contribution is 5.75. The number of nitrogens with one attached hydrogen (secondary N) is 1. The van der Waals surface area contributed by atoms with E-state index in [1.54, 1.807) is 4.90 Å². The van der Waals surface area contributed by atoms with Crippen LogP contribution in [-0.2, 0) is 6.54 Å². The van der Waals surface area contributed by atoms with E-state index < -0.39 is 0 Å². The van der Waals surface area contributed by atoms with Crippen molar-refractivity contribution in [1.29, 1.82) is 0 Å². The molecule has 0 aromatic heterocycles. The van der Waals surface area contributed by atoms with Gasteiger partial charge in [-0.2, -0.15) is 0 Å². The van der Waals surface area contributed by atoms with Gasteiger partial charge in [0.15, 0.2) is 0 Å². The Kier molecular flexibility index (Phi) is 5.48. The molecule has 2 amide bonds. The molecular formula is C17H26N4O2. The molecule has 2 N–H and O–H groups in total. The topological polar surface area (TPSA) is 59.1 Å². The number of hydrogen-bond acceptors (Lipinski definition) is 4. The Balaban J connectivity index is 1.29. The monoisotopic (exact) mass is 318 g/mol. The number of rotatable bonds is 5. The van der Waals surface area contributed by atoms with Gasteiger partial charge in [-0.25, -0.2) is 4.79 Å². The first-order valence-corrected chi connectivity index (χ1v) is 8.40. The molecule has 2 aliphatic heterocycles. The molecule has 3 rings (SSSR count). The van der Waals surface area contributed by atoms with Gasteiger partial charge in [-0.05, 0) is 5.56 Å². The third-order valence-corrected chi connectivity index (χ3v) is 4.57. The van der Waals surface area contributed by atoms with Crippen molar-refractivity contribution in [3.63, 3.8) is 0 Å². The van der Waals surface area contributed by atoms with Gasteiger partial charge in [0, 0.05) is 45.8 Å². The summed E-state index contributed by atoms with van der Waals surface area (Å²) in [5.74, 6) is 0. The quantitative estimate of drug-likeness (QED) is 0.814. The molecule has 0 saturated carbocycles. The van der Waals surface area contributed by atoms with Gasteiger partial charge in [-0.15, -0.1) is 0 Å². The lowest BCUT2D eigenvalue weighted by Crippen LogP contribution is -2.57. The van der Waals surface area contributed by atoms with E-state index in [0.29, 0.717) is 19.6 Å². The molecule has 2 aliphatic rings. The van der Waals surface area contributed by atoms with Gasteiger partial charge < -0.3 is 15.3 Å². The molecule has 1 aromatic rings. The van der Waals surface area contributed by atoms with Crippen LogP contribution in [0.3, 0.4) is 0 Å². The third-order valence-electron chi connectivity index (χ3n) is 4.57. The molecule has 2 heterocycles. The van der Waals surface area contributed by atoms with Gasteiger partial charge in [0.05, 0.1) is 19.2 Å². The van der Waals surface area contributed by atoms with Crippen LogP contribution < -0.4 is 5.32 Å². The Morgan fingerprint density at radius 1 is 1.09 bits per heavy atom. The first kappa shape index (κ1) is 16.2. The zero-order valence-corrected chi connectivity index (χ0v) is 13.5. The molecule has 0 aliphatic carbocycles. The average Bonchev–Trinajstić information content (AvgIpc) is 2.54. The molecule has 1 aromatic carbocycles. The van der Waals surface area contributed by atoms with Gasteiger partial charge in [-0.1, -0.05) is 30.3 Å². The molecule has 0 radical (unpaired) electrons. The van der Waals surface area contributed by atoms with Crippen LogP contribution in [0.25, 0.3) is 0 Å². The highest BCUT2D eigenvalue weighted by Crippen LogP contribution is 2.08. The molecule has 2 fully saturated rings. The lowest BCUT2D eigenvalue weighted by Gasteiger charge is -2.37. The second-order valence-corrected chi connectivity index (χ2v) is 6.39. The van der Waals surface area contributed by atoms with Crippen LogP contribution in [0.4, 0.5) is 4.79 Å². The van der Waals surface area contributed by atoms with E-state index in [1.165, 1.54) is 5.56 Å². The molecule has 6 heteroatoms. The number of carbonyl (C=O) groups is 1. The molecule has 2 saturated heterocycles. The van der Waals surface area contributed by atoms with E-state index in [0.717, 1.165) is 39.3 Å². The van der Waals surface area contributed by atoms with Crippen molar-refractivity contribution in [2.75, 3.05) is 52.4 Å². The number of nitrogens with zero attached hydrogens (tertiary/aromatic N) is 3. The number of benzene rings is 1. The predicted octanol–water partition coefficient (Wildman–Crippen LogP) is 0.190. The Bertz CT molecular complexity index is 497. The van der Waals surface area contributed by atoms with E-state index in [9.17, 15) is 9.90 Å². The molecular weight excluding hydrogens is 292 g/mol. The average molecular weight is 318 g/mol. The number of aliphatic hydroxyl groups excluding tert-OH is 1. The molecule has 0 bridgehead atoms. The normalized spacial score (nSPS) is 20.3. The number of likely N-dealkylation sites (tertiary alicyclic amines) is 1. The maximum absolute atomic E-state index is 11.7. The minimum absolute atomic E-state index is 0.0574. The molecule has 6 nitrogen and oxygen atoms in total. The highest BCUT2D eigenvalue weighted by atomic mass is 16.3. The summed E-state index contributed by atoms with van der Waals surface area (Å²) in [4.78, 5) is 18.3. The van der Waals surface area contributed by atoms with Crippen molar-refractivity contribution in [3.8, 4) is 0 Å². The minimum atomic E-state index is -0.335. The number of piperazine rings is 1. The summed E-state index contributed by atoms with van der Waals surface area (Å²) in [6, 6.07) is 10.5. The van der Waals surface area contributed by atoms with Crippen LogP contribution >= 0.6 is 0 Å². The smallest absolute Gasteiger partial charge is 0.317 e.